The zero-order valence-electron chi connectivity index (χ0n) is 14.5. The van der Waals surface area contributed by atoms with Crippen molar-refractivity contribution in [1.82, 2.24) is 4.90 Å². The van der Waals surface area contributed by atoms with Gasteiger partial charge in [0, 0.05) is 20.4 Å². The van der Waals surface area contributed by atoms with E-state index in [1.807, 2.05) is 0 Å². The van der Waals surface area contributed by atoms with Gasteiger partial charge in [0.25, 0.3) is 5.79 Å². The molecule has 6 nitrogen and oxygen atoms in total. The Bertz CT molecular complexity index is 537. The first-order valence-electron chi connectivity index (χ1n) is 7.95. The topological polar surface area (TPSA) is 65.1 Å². The molecule has 0 aromatic rings. The lowest BCUT2D eigenvalue weighted by molar-refractivity contribution is -0.222. The van der Waals surface area contributed by atoms with Crippen LogP contribution in [-0.2, 0) is 23.8 Å². The summed E-state index contributed by atoms with van der Waals surface area (Å²) in [5.41, 5.74) is -0.240. The van der Waals surface area contributed by atoms with Gasteiger partial charge in [-0.15, -0.1) is 0 Å². The van der Waals surface area contributed by atoms with E-state index in [0.717, 1.165) is 19.4 Å². The van der Waals surface area contributed by atoms with E-state index in [4.69, 9.17) is 14.2 Å². The maximum absolute atomic E-state index is 11.9. The fourth-order valence-corrected chi connectivity index (χ4v) is 2.52. The van der Waals surface area contributed by atoms with Crippen LogP contribution in [-0.4, -0.2) is 41.3 Å². The molecule has 0 amide bonds. The van der Waals surface area contributed by atoms with E-state index in [1.165, 1.54) is 19.9 Å². The monoisotopic (exact) mass is 323 g/mol. The Hall–Kier alpha value is -1.98. The summed E-state index contributed by atoms with van der Waals surface area (Å²) in [6.07, 6.45) is 5.17. The third kappa shape index (κ3) is 3.86. The van der Waals surface area contributed by atoms with E-state index >= 15 is 0 Å². The van der Waals surface area contributed by atoms with Crippen molar-refractivity contribution < 1.29 is 23.8 Å². The molecular weight excluding hydrogens is 298 g/mol. The zero-order chi connectivity index (χ0) is 17.3. The molecule has 2 aliphatic rings. The number of ether oxygens (including phenoxy) is 3. The number of cyclic esters (lactones) is 2. The Balaban J connectivity index is 2.20. The van der Waals surface area contributed by atoms with Gasteiger partial charge in [-0.3, -0.25) is 0 Å². The van der Waals surface area contributed by atoms with Crippen LogP contribution in [0.2, 0.25) is 0 Å². The Morgan fingerprint density at radius 3 is 2.26 bits per heavy atom. The summed E-state index contributed by atoms with van der Waals surface area (Å²) in [5.74, 6) is -1.93. The van der Waals surface area contributed by atoms with Crippen LogP contribution in [0.1, 0.15) is 47.5 Å². The third-order valence-electron chi connectivity index (χ3n) is 3.81. The molecule has 0 aromatic heterocycles. The molecule has 2 aliphatic heterocycles. The molecular formula is C17H25NO5. The van der Waals surface area contributed by atoms with Gasteiger partial charge >= 0.3 is 11.9 Å². The van der Waals surface area contributed by atoms with Gasteiger partial charge in [0.15, 0.2) is 5.88 Å². The van der Waals surface area contributed by atoms with Crippen LogP contribution >= 0.6 is 0 Å². The minimum absolute atomic E-state index is 0.116. The van der Waals surface area contributed by atoms with Crippen LogP contribution in [0, 0.1) is 0 Å². The maximum atomic E-state index is 11.9. The van der Waals surface area contributed by atoms with E-state index in [1.54, 1.807) is 6.08 Å². The lowest BCUT2D eigenvalue weighted by atomic mass is 10.1. The molecule has 0 saturated carbocycles. The molecule has 6 heteroatoms. The van der Waals surface area contributed by atoms with E-state index in [2.05, 4.69) is 25.7 Å². The van der Waals surface area contributed by atoms with Gasteiger partial charge < -0.3 is 19.1 Å². The average molecular weight is 323 g/mol. The van der Waals surface area contributed by atoms with Crippen molar-refractivity contribution in [2.75, 3.05) is 13.2 Å². The molecule has 0 atom stereocenters. The van der Waals surface area contributed by atoms with Crippen molar-refractivity contribution in [1.29, 1.82) is 0 Å². The number of hydrogen-bond acceptors (Lipinski definition) is 6. The summed E-state index contributed by atoms with van der Waals surface area (Å²) < 4.78 is 15.9. The van der Waals surface area contributed by atoms with E-state index in [0.29, 0.717) is 12.5 Å². The Morgan fingerprint density at radius 2 is 1.70 bits per heavy atom. The van der Waals surface area contributed by atoms with Gasteiger partial charge in [-0.1, -0.05) is 13.3 Å². The van der Waals surface area contributed by atoms with Crippen molar-refractivity contribution in [3.63, 3.8) is 0 Å². The smallest absolute Gasteiger partial charge is 0.348 e. The second-order valence-electron chi connectivity index (χ2n) is 6.87. The van der Waals surface area contributed by atoms with Crippen LogP contribution < -0.4 is 0 Å². The van der Waals surface area contributed by atoms with Gasteiger partial charge in [0.1, 0.15) is 12.2 Å². The van der Waals surface area contributed by atoms with Gasteiger partial charge in [0.05, 0.1) is 5.54 Å². The first-order valence-corrected chi connectivity index (χ1v) is 7.95. The van der Waals surface area contributed by atoms with Crippen LogP contribution in [0.5, 0.6) is 0 Å². The molecule has 2 fully saturated rings. The fraction of sp³-hybridized carbons (Fsp3) is 0.647. The number of rotatable bonds is 4. The summed E-state index contributed by atoms with van der Waals surface area (Å²) in [5, 5.41) is 0. The number of carbonyl (C=O) groups is 2. The summed E-state index contributed by atoms with van der Waals surface area (Å²) in [6.45, 7) is 10.8. The molecule has 23 heavy (non-hydrogen) atoms. The number of nitrogens with zero attached hydrogens (tertiary/aromatic N) is 1. The van der Waals surface area contributed by atoms with Crippen molar-refractivity contribution in [2.24, 2.45) is 0 Å². The summed E-state index contributed by atoms with van der Waals surface area (Å²) in [4.78, 5) is 26.0. The molecule has 0 unspecified atom stereocenters. The number of carbonyl (C=O) groups excluding carboxylic acids is 2. The van der Waals surface area contributed by atoms with Gasteiger partial charge in [-0.25, -0.2) is 9.59 Å². The zero-order valence-corrected chi connectivity index (χ0v) is 14.5. The summed E-state index contributed by atoms with van der Waals surface area (Å²) in [6, 6.07) is 0. The Labute approximate surface area is 137 Å². The van der Waals surface area contributed by atoms with Crippen molar-refractivity contribution >= 4 is 11.9 Å². The molecule has 0 radical (unpaired) electrons. The molecule has 0 aliphatic carbocycles. The Morgan fingerprint density at radius 1 is 1.09 bits per heavy atom. The van der Waals surface area contributed by atoms with Crippen molar-refractivity contribution in [3.8, 4) is 0 Å². The molecule has 0 aromatic carbocycles. The number of unbranched alkanes of at least 4 members (excludes halogenated alkanes) is 1. The summed E-state index contributed by atoms with van der Waals surface area (Å²) in [7, 11) is 0. The van der Waals surface area contributed by atoms with Crippen LogP contribution in [0.4, 0.5) is 0 Å². The van der Waals surface area contributed by atoms with Crippen LogP contribution in [0.25, 0.3) is 0 Å². The van der Waals surface area contributed by atoms with E-state index < -0.39 is 17.7 Å². The number of hydrogen-bond donors (Lipinski definition) is 0. The SMILES string of the molecule is CCCCN1C(=CC=C2C(=O)OC(C)(C)OC2=O)OCC1(C)C. The largest absolute Gasteiger partial charge is 0.477 e. The lowest BCUT2D eigenvalue weighted by Crippen LogP contribution is -2.41. The Kier molecular flexibility index (Phi) is 4.73. The second kappa shape index (κ2) is 6.26. The second-order valence-corrected chi connectivity index (χ2v) is 6.87. The predicted octanol–water partition coefficient (Wildman–Crippen LogP) is 2.50. The molecule has 2 saturated heterocycles. The van der Waals surface area contributed by atoms with Gasteiger partial charge in [-0.2, -0.15) is 0 Å². The summed E-state index contributed by atoms with van der Waals surface area (Å²) >= 11 is 0. The van der Waals surface area contributed by atoms with Crippen molar-refractivity contribution in [2.45, 2.75) is 58.8 Å². The maximum Gasteiger partial charge on any atom is 0.348 e. The first-order chi connectivity index (χ1) is 10.7. The highest BCUT2D eigenvalue weighted by molar-refractivity contribution is 6.15. The van der Waals surface area contributed by atoms with Crippen LogP contribution in [0.3, 0.4) is 0 Å². The highest BCUT2D eigenvalue weighted by Gasteiger charge is 2.39. The molecule has 0 spiro atoms. The highest BCUT2D eigenvalue weighted by atomic mass is 16.7. The molecule has 0 bridgehead atoms. The normalized spacial score (nSPS) is 24.3. The quantitative estimate of drug-likeness (QED) is 0.450. The number of esters is 2. The van der Waals surface area contributed by atoms with Gasteiger partial charge in [0.2, 0.25) is 0 Å². The van der Waals surface area contributed by atoms with E-state index in [9.17, 15) is 9.59 Å². The fourth-order valence-electron chi connectivity index (χ4n) is 2.52. The first kappa shape index (κ1) is 17.4. The standard InChI is InChI=1S/C17H25NO5/c1-6-7-10-18-13(21-11-16(18,2)3)9-8-12-14(19)22-17(4,5)23-15(12)20/h8-9H,6-7,10-11H2,1-5H3. The molecule has 2 rings (SSSR count). The predicted molar refractivity (Wildman–Crippen MR) is 84.1 cm³/mol. The molecule has 128 valence electrons. The molecule has 0 N–H and O–H groups in total. The lowest BCUT2D eigenvalue weighted by Gasteiger charge is -2.30. The number of allylic oxidation sites excluding steroid dienone is 2. The van der Waals surface area contributed by atoms with E-state index in [-0.39, 0.29) is 11.1 Å². The van der Waals surface area contributed by atoms with Gasteiger partial charge in [-0.05, 0) is 32.4 Å². The van der Waals surface area contributed by atoms with Crippen molar-refractivity contribution in [3.05, 3.63) is 23.6 Å². The van der Waals surface area contributed by atoms with Crippen LogP contribution in [0.15, 0.2) is 23.6 Å². The minimum atomic E-state index is -1.22. The average Bonchev–Trinajstić information content (AvgIpc) is 2.69. The highest BCUT2D eigenvalue weighted by Crippen LogP contribution is 2.30. The molecule has 2 heterocycles. The minimum Gasteiger partial charge on any atom is -0.477 e. The third-order valence-corrected chi connectivity index (χ3v) is 3.81.